The largest absolute Gasteiger partial charge is 0.324 e. The fourth-order valence-corrected chi connectivity index (χ4v) is 3.25. The number of Topliss-reactive ketones (excluding diaryl/α,β-unsaturated/α-hetero) is 1. The van der Waals surface area contributed by atoms with Gasteiger partial charge in [-0.2, -0.15) is 0 Å². The molecule has 0 fully saturated rings. The van der Waals surface area contributed by atoms with Gasteiger partial charge in [-0.15, -0.1) is 0 Å². The van der Waals surface area contributed by atoms with E-state index in [2.05, 4.69) is 6.07 Å². The molecular weight excluding hydrogens is 250 g/mol. The van der Waals surface area contributed by atoms with Crippen molar-refractivity contribution in [2.45, 2.75) is 19.0 Å². The first kappa shape index (κ1) is 11.4. The Morgan fingerprint density at radius 2 is 1.60 bits per heavy atom. The van der Waals surface area contributed by atoms with Gasteiger partial charge >= 0.3 is 0 Å². The van der Waals surface area contributed by atoms with E-state index in [4.69, 9.17) is 0 Å². The van der Waals surface area contributed by atoms with Crippen LogP contribution in [-0.2, 0) is 17.8 Å². The van der Waals surface area contributed by atoms with E-state index in [0.717, 1.165) is 17.5 Å². The van der Waals surface area contributed by atoms with Gasteiger partial charge in [0, 0.05) is 12.1 Å². The minimum atomic E-state index is -0.378. The monoisotopic (exact) mass is 263 g/mol. The molecule has 4 rings (SSSR count). The van der Waals surface area contributed by atoms with Gasteiger partial charge < -0.3 is 4.90 Å². The van der Waals surface area contributed by atoms with Gasteiger partial charge in [0.15, 0.2) is 0 Å². The highest BCUT2D eigenvalue weighted by atomic mass is 16.2. The first-order valence-electron chi connectivity index (χ1n) is 6.77. The standard InChI is InChI=1S/C17H13NO2/c19-16-14-8-4-3-7-13(14)15-9-11-5-1-2-6-12(11)10-18(15)17(16)20/h1-8,15H,9-10H2. The van der Waals surface area contributed by atoms with Crippen LogP contribution in [-0.4, -0.2) is 16.6 Å². The Kier molecular flexibility index (Phi) is 2.30. The summed E-state index contributed by atoms with van der Waals surface area (Å²) in [5.41, 5.74) is 3.96. The van der Waals surface area contributed by atoms with E-state index in [0.29, 0.717) is 12.1 Å². The van der Waals surface area contributed by atoms with Crippen molar-refractivity contribution in [3.8, 4) is 0 Å². The van der Waals surface area contributed by atoms with Crippen LogP contribution in [0.1, 0.15) is 33.1 Å². The highest BCUT2D eigenvalue weighted by molar-refractivity contribution is 6.44. The summed E-state index contributed by atoms with van der Waals surface area (Å²) >= 11 is 0. The van der Waals surface area contributed by atoms with E-state index in [1.54, 1.807) is 11.0 Å². The highest BCUT2D eigenvalue weighted by Crippen LogP contribution is 2.38. The Labute approximate surface area is 116 Å². The second kappa shape index (κ2) is 4.04. The number of nitrogens with zero attached hydrogens (tertiary/aromatic N) is 1. The first-order chi connectivity index (χ1) is 9.75. The molecule has 2 heterocycles. The molecule has 0 saturated heterocycles. The maximum atomic E-state index is 12.3. The number of carbonyl (C=O) groups is 2. The van der Waals surface area contributed by atoms with Crippen molar-refractivity contribution in [2.24, 2.45) is 0 Å². The molecule has 0 radical (unpaired) electrons. The number of benzene rings is 2. The van der Waals surface area contributed by atoms with Crippen molar-refractivity contribution in [3.05, 3.63) is 70.8 Å². The summed E-state index contributed by atoms with van der Waals surface area (Å²) in [7, 11) is 0. The second-order valence-corrected chi connectivity index (χ2v) is 5.34. The molecule has 98 valence electrons. The summed E-state index contributed by atoms with van der Waals surface area (Å²) in [5.74, 6) is -0.751. The van der Waals surface area contributed by atoms with Gasteiger partial charge in [0.2, 0.25) is 0 Å². The molecule has 3 heteroatoms. The summed E-state index contributed by atoms with van der Waals surface area (Å²) < 4.78 is 0. The van der Waals surface area contributed by atoms with E-state index in [1.165, 1.54) is 5.56 Å². The third kappa shape index (κ3) is 1.46. The Bertz CT molecular complexity index is 735. The van der Waals surface area contributed by atoms with E-state index in [-0.39, 0.29) is 17.7 Å². The highest BCUT2D eigenvalue weighted by Gasteiger charge is 2.40. The molecule has 0 bridgehead atoms. The summed E-state index contributed by atoms with van der Waals surface area (Å²) in [6.45, 7) is 0.528. The molecule has 0 N–H and O–H groups in total. The number of fused-ring (bicyclic) bond motifs is 4. The van der Waals surface area contributed by atoms with Crippen LogP contribution in [0.2, 0.25) is 0 Å². The van der Waals surface area contributed by atoms with E-state index in [1.807, 2.05) is 36.4 Å². The van der Waals surface area contributed by atoms with Gasteiger partial charge in [-0.25, -0.2) is 0 Å². The van der Waals surface area contributed by atoms with Crippen LogP contribution in [0.15, 0.2) is 48.5 Å². The Morgan fingerprint density at radius 3 is 2.45 bits per heavy atom. The zero-order chi connectivity index (χ0) is 13.7. The number of hydrogen-bond acceptors (Lipinski definition) is 2. The molecule has 3 nitrogen and oxygen atoms in total. The SMILES string of the molecule is O=C1C(=O)N2Cc3ccccc3CC2c2ccccc21. The van der Waals surface area contributed by atoms with Gasteiger partial charge in [0.1, 0.15) is 0 Å². The van der Waals surface area contributed by atoms with E-state index < -0.39 is 0 Å². The quantitative estimate of drug-likeness (QED) is 0.685. The molecule has 20 heavy (non-hydrogen) atoms. The summed E-state index contributed by atoms with van der Waals surface area (Å²) in [4.78, 5) is 26.2. The fourth-order valence-electron chi connectivity index (χ4n) is 3.25. The van der Waals surface area contributed by atoms with Crippen LogP contribution in [0.5, 0.6) is 0 Å². The van der Waals surface area contributed by atoms with E-state index in [9.17, 15) is 9.59 Å². The van der Waals surface area contributed by atoms with Crippen molar-refractivity contribution < 1.29 is 9.59 Å². The van der Waals surface area contributed by atoms with Crippen LogP contribution in [0.25, 0.3) is 0 Å². The van der Waals surface area contributed by atoms with Crippen molar-refractivity contribution in [1.82, 2.24) is 4.90 Å². The lowest BCUT2D eigenvalue weighted by Crippen LogP contribution is -2.46. The number of carbonyl (C=O) groups excluding carboxylic acids is 2. The van der Waals surface area contributed by atoms with Crippen LogP contribution in [0.4, 0.5) is 0 Å². The maximum absolute atomic E-state index is 12.3. The third-order valence-electron chi connectivity index (χ3n) is 4.27. The third-order valence-corrected chi connectivity index (χ3v) is 4.27. The van der Waals surface area contributed by atoms with Crippen LogP contribution in [0.3, 0.4) is 0 Å². The predicted octanol–water partition coefficient (Wildman–Crippen LogP) is 2.51. The second-order valence-electron chi connectivity index (χ2n) is 5.34. The smallest absolute Gasteiger partial charge is 0.295 e. The molecule has 1 unspecified atom stereocenters. The normalized spacial score (nSPS) is 20.2. The molecule has 2 aliphatic rings. The lowest BCUT2D eigenvalue weighted by molar-refractivity contribution is -0.130. The van der Waals surface area contributed by atoms with Crippen molar-refractivity contribution in [3.63, 3.8) is 0 Å². The molecule has 1 atom stereocenters. The summed E-state index contributed by atoms with van der Waals surface area (Å²) in [6, 6.07) is 15.6. The van der Waals surface area contributed by atoms with Crippen molar-refractivity contribution in [1.29, 1.82) is 0 Å². The van der Waals surface area contributed by atoms with Crippen LogP contribution < -0.4 is 0 Å². The predicted molar refractivity (Wildman–Crippen MR) is 74.2 cm³/mol. The zero-order valence-corrected chi connectivity index (χ0v) is 10.9. The molecule has 2 aliphatic heterocycles. The molecular formula is C17H13NO2. The first-order valence-corrected chi connectivity index (χ1v) is 6.77. The van der Waals surface area contributed by atoms with Gasteiger partial charge in [0.05, 0.1) is 6.04 Å². The van der Waals surface area contributed by atoms with Crippen molar-refractivity contribution in [2.75, 3.05) is 0 Å². The maximum Gasteiger partial charge on any atom is 0.295 e. The average Bonchev–Trinajstić information content (AvgIpc) is 2.51. The Morgan fingerprint density at radius 1 is 0.900 bits per heavy atom. The van der Waals surface area contributed by atoms with Gasteiger partial charge in [-0.1, -0.05) is 48.5 Å². The Hall–Kier alpha value is -2.42. The summed E-state index contributed by atoms with van der Waals surface area (Å²) in [5, 5.41) is 0. The molecule has 0 aliphatic carbocycles. The molecule has 1 amide bonds. The topological polar surface area (TPSA) is 37.4 Å². The number of ketones is 1. The van der Waals surface area contributed by atoms with Crippen LogP contribution in [0, 0.1) is 0 Å². The minimum Gasteiger partial charge on any atom is -0.324 e. The van der Waals surface area contributed by atoms with Gasteiger partial charge in [0.25, 0.3) is 11.7 Å². The molecule has 0 spiro atoms. The van der Waals surface area contributed by atoms with E-state index >= 15 is 0 Å². The molecule has 0 aromatic heterocycles. The number of rotatable bonds is 0. The fraction of sp³-hybridized carbons (Fsp3) is 0.176. The summed E-state index contributed by atoms with van der Waals surface area (Å²) in [6.07, 6.45) is 0.784. The average molecular weight is 263 g/mol. The molecule has 2 aromatic rings. The van der Waals surface area contributed by atoms with Gasteiger partial charge in [-0.05, 0) is 23.1 Å². The lowest BCUT2D eigenvalue weighted by atomic mass is 9.83. The number of hydrogen-bond donors (Lipinski definition) is 0. The Balaban J connectivity index is 1.89. The minimum absolute atomic E-state index is 0.00806. The number of amides is 1. The lowest BCUT2D eigenvalue weighted by Gasteiger charge is -2.40. The van der Waals surface area contributed by atoms with Crippen molar-refractivity contribution >= 4 is 11.7 Å². The zero-order valence-electron chi connectivity index (χ0n) is 10.9. The van der Waals surface area contributed by atoms with Crippen LogP contribution >= 0.6 is 0 Å². The molecule has 0 saturated carbocycles. The molecule has 2 aromatic carbocycles. The van der Waals surface area contributed by atoms with Gasteiger partial charge in [-0.3, -0.25) is 9.59 Å².